The molecular formula is C17H13N3O3S. The molecule has 24 heavy (non-hydrogen) atoms. The Hall–Kier alpha value is -3.06. The third-order valence-corrected chi connectivity index (χ3v) is 4.85. The molecule has 1 aromatic carbocycles. The molecule has 4 aromatic rings. The highest BCUT2D eigenvalue weighted by molar-refractivity contribution is 7.22. The largest absolute Gasteiger partial charge is 0.506 e. The van der Waals surface area contributed by atoms with E-state index in [-0.39, 0.29) is 11.4 Å². The molecule has 7 heteroatoms. The van der Waals surface area contributed by atoms with Crippen molar-refractivity contribution in [3.05, 3.63) is 42.9 Å². The SMILES string of the molecule is COc1c(-c2ncnc3cc(-c4ccco4)sc23)ccc(O)c1N. The van der Waals surface area contributed by atoms with Crippen LogP contribution in [-0.2, 0) is 0 Å². The van der Waals surface area contributed by atoms with Crippen molar-refractivity contribution in [1.82, 2.24) is 9.97 Å². The second-order valence-corrected chi connectivity index (χ2v) is 6.16. The molecule has 0 atom stereocenters. The van der Waals surface area contributed by atoms with E-state index in [1.54, 1.807) is 12.3 Å². The van der Waals surface area contributed by atoms with Crippen molar-refractivity contribution in [1.29, 1.82) is 0 Å². The van der Waals surface area contributed by atoms with E-state index in [0.717, 1.165) is 20.9 Å². The first-order valence-corrected chi connectivity index (χ1v) is 7.95. The maximum atomic E-state index is 9.80. The molecule has 0 aliphatic carbocycles. The lowest BCUT2D eigenvalue weighted by molar-refractivity contribution is 0.412. The van der Waals surface area contributed by atoms with Gasteiger partial charge in [0.25, 0.3) is 0 Å². The summed E-state index contributed by atoms with van der Waals surface area (Å²) in [5.74, 6) is 1.15. The standard InChI is InChI=1S/C17H13N3O3S/c1-22-16-9(4-5-11(21)14(16)18)15-17-10(19-8-20-15)7-13(24-17)12-3-2-6-23-12/h2-8,21H,18H2,1H3. The first-order valence-electron chi connectivity index (χ1n) is 7.13. The van der Waals surface area contributed by atoms with E-state index in [2.05, 4.69) is 9.97 Å². The number of hydrogen-bond donors (Lipinski definition) is 2. The molecule has 6 nitrogen and oxygen atoms in total. The normalized spacial score (nSPS) is 11.0. The van der Waals surface area contributed by atoms with Gasteiger partial charge in [0.2, 0.25) is 0 Å². The maximum absolute atomic E-state index is 9.80. The molecule has 0 aliphatic heterocycles. The second kappa shape index (κ2) is 5.54. The number of methoxy groups -OCH3 is 1. The van der Waals surface area contributed by atoms with Crippen LogP contribution in [0.2, 0.25) is 0 Å². The smallest absolute Gasteiger partial charge is 0.155 e. The van der Waals surface area contributed by atoms with Crippen LogP contribution >= 0.6 is 11.3 Å². The number of thiophene rings is 1. The highest BCUT2D eigenvalue weighted by Crippen LogP contribution is 2.43. The number of aromatic hydroxyl groups is 1. The second-order valence-electron chi connectivity index (χ2n) is 5.10. The van der Waals surface area contributed by atoms with Gasteiger partial charge in [0.1, 0.15) is 23.5 Å². The van der Waals surface area contributed by atoms with Crippen molar-refractivity contribution in [2.75, 3.05) is 12.8 Å². The third kappa shape index (κ3) is 2.17. The fourth-order valence-electron chi connectivity index (χ4n) is 2.58. The molecule has 4 rings (SSSR count). The number of anilines is 1. The number of nitrogens with zero attached hydrogens (tertiary/aromatic N) is 2. The van der Waals surface area contributed by atoms with Crippen LogP contribution in [0.5, 0.6) is 11.5 Å². The summed E-state index contributed by atoms with van der Waals surface area (Å²) in [5.41, 5.74) is 8.33. The van der Waals surface area contributed by atoms with Gasteiger partial charge in [-0.2, -0.15) is 0 Å². The molecule has 3 N–H and O–H groups in total. The fraction of sp³-hybridized carbons (Fsp3) is 0.0588. The van der Waals surface area contributed by atoms with Crippen LogP contribution in [0.4, 0.5) is 5.69 Å². The van der Waals surface area contributed by atoms with Gasteiger partial charge in [-0.3, -0.25) is 0 Å². The Morgan fingerprint density at radius 3 is 2.88 bits per heavy atom. The highest BCUT2D eigenvalue weighted by Gasteiger charge is 2.18. The minimum atomic E-state index is -0.0247. The summed E-state index contributed by atoms with van der Waals surface area (Å²) in [7, 11) is 1.51. The van der Waals surface area contributed by atoms with E-state index in [1.807, 2.05) is 18.2 Å². The van der Waals surface area contributed by atoms with Crippen LogP contribution in [-0.4, -0.2) is 22.2 Å². The average Bonchev–Trinajstić information content (AvgIpc) is 3.25. The van der Waals surface area contributed by atoms with E-state index >= 15 is 0 Å². The van der Waals surface area contributed by atoms with E-state index in [0.29, 0.717) is 17.0 Å². The molecule has 0 saturated heterocycles. The topological polar surface area (TPSA) is 94.4 Å². The zero-order valence-corrected chi connectivity index (χ0v) is 13.5. The maximum Gasteiger partial charge on any atom is 0.155 e. The minimum absolute atomic E-state index is 0.0247. The first-order chi connectivity index (χ1) is 11.7. The fourth-order valence-corrected chi connectivity index (χ4v) is 3.66. The molecule has 0 bridgehead atoms. The number of phenols is 1. The molecule has 0 fully saturated rings. The molecular weight excluding hydrogens is 326 g/mol. The number of phenolic OH excluding ortho intramolecular Hbond substituents is 1. The Morgan fingerprint density at radius 1 is 1.25 bits per heavy atom. The molecule has 0 radical (unpaired) electrons. The monoisotopic (exact) mass is 339 g/mol. The van der Waals surface area contributed by atoms with Crippen molar-refractivity contribution < 1.29 is 14.3 Å². The number of benzene rings is 1. The van der Waals surface area contributed by atoms with Gasteiger partial charge in [-0.05, 0) is 30.3 Å². The van der Waals surface area contributed by atoms with Crippen molar-refractivity contribution in [2.45, 2.75) is 0 Å². The zero-order valence-electron chi connectivity index (χ0n) is 12.7. The highest BCUT2D eigenvalue weighted by atomic mass is 32.1. The number of ether oxygens (including phenoxy) is 1. The Morgan fingerprint density at radius 2 is 2.12 bits per heavy atom. The van der Waals surface area contributed by atoms with Gasteiger partial charge in [0.15, 0.2) is 5.75 Å². The molecule has 0 amide bonds. The quantitative estimate of drug-likeness (QED) is 0.434. The number of nitrogens with two attached hydrogens (primary N) is 1. The van der Waals surface area contributed by atoms with Crippen LogP contribution in [0.25, 0.3) is 32.1 Å². The van der Waals surface area contributed by atoms with Crippen molar-refractivity contribution in [3.63, 3.8) is 0 Å². The average molecular weight is 339 g/mol. The van der Waals surface area contributed by atoms with Gasteiger partial charge >= 0.3 is 0 Å². The molecule has 0 saturated carbocycles. The number of fused-ring (bicyclic) bond motifs is 1. The summed E-state index contributed by atoms with van der Waals surface area (Å²) >= 11 is 1.53. The van der Waals surface area contributed by atoms with Crippen LogP contribution in [0.1, 0.15) is 0 Å². The Balaban J connectivity index is 1.97. The van der Waals surface area contributed by atoms with Crippen LogP contribution in [0, 0.1) is 0 Å². The lowest BCUT2D eigenvalue weighted by Gasteiger charge is -2.12. The zero-order chi connectivity index (χ0) is 16.7. The van der Waals surface area contributed by atoms with Gasteiger partial charge < -0.3 is 20.0 Å². The summed E-state index contributed by atoms with van der Waals surface area (Å²) in [5, 5.41) is 9.80. The number of rotatable bonds is 3. The summed E-state index contributed by atoms with van der Waals surface area (Å²) in [6, 6.07) is 8.97. The van der Waals surface area contributed by atoms with Gasteiger partial charge in [-0.25, -0.2) is 9.97 Å². The summed E-state index contributed by atoms with van der Waals surface area (Å²) in [4.78, 5) is 9.69. The number of furan rings is 1. The van der Waals surface area contributed by atoms with Gasteiger partial charge in [0, 0.05) is 5.56 Å². The molecule has 3 heterocycles. The molecule has 0 spiro atoms. The Labute approximate surface area is 141 Å². The van der Waals surface area contributed by atoms with Gasteiger partial charge in [-0.1, -0.05) is 0 Å². The van der Waals surface area contributed by atoms with Gasteiger partial charge in [-0.15, -0.1) is 11.3 Å². The molecule has 0 unspecified atom stereocenters. The van der Waals surface area contributed by atoms with E-state index in [9.17, 15) is 5.11 Å². The van der Waals surface area contributed by atoms with Crippen LogP contribution in [0.15, 0.2) is 47.3 Å². The Bertz CT molecular complexity index is 1030. The number of hydrogen-bond acceptors (Lipinski definition) is 7. The van der Waals surface area contributed by atoms with E-state index in [4.69, 9.17) is 14.9 Å². The van der Waals surface area contributed by atoms with Crippen molar-refractivity contribution >= 4 is 27.2 Å². The van der Waals surface area contributed by atoms with E-state index in [1.165, 1.54) is 30.8 Å². The van der Waals surface area contributed by atoms with Crippen molar-refractivity contribution in [2.24, 2.45) is 0 Å². The van der Waals surface area contributed by atoms with Crippen LogP contribution < -0.4 is 10.5 Å². The van der Waals surface area contributed by atoms with Gasteiger partial charge in [0.05, 0.1) is 34.2 Å². The molecule has 3 aromatic heterocycles. The van der Waals surface area contributed by atoms with E-state index < -0.39 is 0 Å². The third-order valence-electron chi connectivity index (χ3n) is 3.71. The predicted molar refractivity (Wildman–Crippen MR) is 93.2 cm³/mol. The summed E-state index contributed by atoms with van der Waals surface area (Å²) < 4.78 is 11.7. The van der Waals surface area contributed by atoms with Crippen molar-refractivity contribution in [3.8, 4) is 33.4 Å². The number of nitrogen functional groups attached to an aromatic ring is 1. The molecule has 120 valence electrons. The predicted octanol–water partition coefficient (Wildman–Crippen LogP) is 3.91. The molecule has 0 aliphatic rings. The van der Waals surface area contributed by atoms with Crippen LogP contribution in [0.3, 0.4) is 0 Å². The lowest BCUT2D eigenvalue weighted by atomic mass is 10.1. The first kappa shape index (κ1) is 14.5. The Kier molecular flexibility index (Phi) is 3.35. The number of aromatic nitrogens is 2. The minimum Gasteiger partial charge on any atom is -0.506 e. The summed E-state index contributed by atoms with van der Waals surface area (Å²) in [6.07, 6.45) is 3.13. The summed E-state index contributed by atoms with van der Waals surface area (Å²) in [6.45, 7) is 0. The lowest BCUT2D eigenvalue weighted by Crippen LogP contribution is -1.97.